The maximum Gasteiger partial charge on any atom is 0.269 e. The predicted octanol–water partition coefficient (Wildman–Crippen LogP) is 2.78. The van der Waals surface area contributed by atoms with Gasteiger partial charge in [0.25, 0.3) is 5.91 Å². The van der Waals surface area contributed by atoms with Crippen LogP contribution in [0.25, 0.3) is 11.5 Å². The zero-order chi connectivity index (χ0) is 18.4. The lowest BCUT2D eigenvalue weighted by molar-refractivity contribution is -0.121. The Balaban J connectivity index is 1.46. The summed E-state index contributed by atoms with van der Waals surface area (Å²) in [6.45, 7) is 0. The van der Waals surface area contributed by atoms with Crippen molar-refractivity contribution in [3.05, 3.63) is 71.1 Å². The fourth-order valence-corrected chi connectivity index (χ4v) is 2.26. The SMILES string of the molecule is O=C(CCc1nnc(-c2ccccc2)o1)NNC(=O)c1ccc(Cl)cc1. The molecule has 2 aromatic carbocycles. The van der Waals surface area contributed by atoms with Crippen LogP contribution in [0, 0.1) is 0 Å². The number of nitrogens with one attached hydrogen (secondary N) is 2. The van der Waals surface area contributed by atoms with E-state index in [2.05, 4.69) is 21.0 Å². The predicted molar refractivity (Wildman–Crippen MR) is 95.1 cm³/mol. The van der Waals surface area contributed by atoms with E-state index in [1.165, 1.54) is 0 Å². The summed E-state index contributed by atoms with van der Waals surface area (Å²) in [4.78, 5) is 23.7. The summed E-state index contributed by atoms with van der Waals surface area (Å²) in [6.07, 6.45) is 0.361. The molecule has 2 amide bonds. The van der Waals surface area contributed by atoms with E-state index in [0.29, 0.717) is 22.4 Å². The van der Waals surface area contributed by atoms with Gasteiger partial charge in [0.15, 0.2) is 0 Å². The maximum absolute atomic E-state index is 11.9. The molecule has 0 aliphatic heterocycles. The molecule has 0 aliphatic carbocycles. The van der Waals surface area contributed by atoms with Crippen molar-refractivity contribution >= 4 is 23.4 Å². The van der Waals surface area contributed by atoms with Crippen LogP contribution in [0.4, 0.5) is 0 Å². The number of carbonyl (C=O) groups excluding carboxylic acids is 2. The minimum Gasteiger partial charge on any atom is -0.421 e. The number of carbonyl (C=O) groups is 2. The third kappa shape index (κ3) is 4.67. The van der Waals surface area contributed by atoms with Gasteiger partial charge in [0.2, 0.25) is 17.7 Å². The second-order valence-electron chi connectivity index (χ2n) is 5.38. The monoisotopic (exact) mass is 370 g/mol. The molecule has 0 radical (unpaired) electrons. The highest BCUT2D eigenvalue weighted by Crippen LogP contribution is 2.17. The van der Waals surface area contributed by atoms with Gasteiger partial charge >= 0.3 is 0 Å². The lowest BCUT2D eigenvalue weighted by Gasteiger charge is -2.06. The van der Waals surface area contributed by atoms with E-state index >= 15 is 0 Å². The molecule has 0 fully saturated rings. The molecule has 3 rings (SSSR count). The van der Waals surface area contributed by atoms with Gasteiger partial charge in [0, 0.05) is 29.0 Å². The van der Waals surface area contributed by atoms with Crippen molar-refractivity contribution in [2.45, 2.75) is 12.8 Å². The molecule has 0 bridgehead atoms. The van der Waals surface area contributed by atoms with Gasteiger partial charge in [-0.15, -0.1) is 10.2 Å². The Bertz CT molecular complexity index is 894. The standard InChI is InChI=1S/C18H15ClN4O3/c19-14-8-6-12(7-9-14)17(25)22-20-15(24)10-11-16-21-23-18(26-16)13-4-2-1-3-5-13/h1-9H,10-11H2,(H,20,24)(H,22,25). The first-order chi connectivity index (χ1) is 12.6. The smallest absolute Gasteiger partial charge is 0.269 e. The van der Waals surface area contributed by atoms with E-state index in [1.54, 1.807) is 24.3 Å². The number of benzene rings is 2. The van der Waals surface area contributed by atoms with Crippen molar-refractivity contribution in [1.29, 1.82) is 0 Å². The summed E-state index contributed by atoms with van der Waals surface area (Å²) >= 11 is 5.76. The van der Waals surface area contributed by atoms with Crippen molar-refractivity contribution in [3.8, 4) is 11.5 Å². The van der Waals surface area contributed by atoms with Crippen LogP contribution in [0.3, 0.4) is 0 Å². The van der Waals surface area contributed by atoms with Crippen LogP contribution in [-0.2, 0) is 11.2 Å². The lowest BCUT2D eigenvalue weighted by atomic mass is 10.2. The molecule has 2 N–H and O–H groups in total. The number of hydrogen-bond acceptors (Lipinski definition) is 5. The zero-order valence-electron chi connectivity index (χ0n) is 13.6. The third-order valence-corrected chi connectivity index (χ3v) is 3.73. The number of aryl methyl sites for hydroxylation is 1. The molecule has 132 valence electrons. The molecule has 8 heteroatoms. The first-order valence-corrected chi connectivity index (χ1v) is 8.22. The first-order valence-electron chi connectivity index (χ1n) is 7.84. The van der Waals surface area contributed by atoms with Gasteiger partial charge in [0.05, 0.1) is 0 Å². The van der Waals surface area contributed by atoms with Crippen LogP contribution < -0.4 is 10.9 Å². The van der Waals surface area contributed by atoms with Crippen LogP contribution in [0.2, 0.25) is 5.02 Å². The molecular formula is C18H15ClN4O3. The molecule has 0 spiro atoms. The highest BCUT2D eigenvalue weighted by atomic mass is 35.5. The quantitative estimate of drug-likeness (QED) is 0.673. The van der Waals surface area contributed by atoms with Gasteiger partial charge in [-0.05, 0) is 36.4 Å². The lowest BCUT2D eigenvalue weighted by Crippen LogP contribution is -2.41. The first kappa shape index (κ1) is 17.6. The molecule has 0 aliphatic rings. The Morgan fingerprint density at radius 1 is 0.962 bits per heavy atom. The van der Waals surface area contributed by atoms with Crippen molar-refractivity contribution in [2.24, 2.45) is 0 Å². The molecule has 1 aromatic heterocycles. The number of hydrogen-bond donors (Lipinski definition) is 2. The molecule has 0 saturated carbocycles. The third-order valence-electron chi connectivity index (χ3n) is 3.48. The van der Waals surface area contributed by atoms with E-state index in [4.69, 9.17) is 16.0 Å². The second-order valence-corrected chi connectivity index (χ2v) is 5.81. The number of nitrogens with zero attached hydrogens (tertiary/aromatic N) is 2. The molecule has 1 heterocycles. The van der Waals surface area contributed by atoms with E-state index in [9.17, 15) is 9.59 Å². The van der Waals surface area contributed by atoms with Crippen molar-refractivity contribution < 1.29 is 14.0 Å². The highest BCUT2D eigenvalue weighted by molar-refractivity contribution is 6.30. The van der Waals surface area contributed by atoms with E-state index < -0.39 is 5.91 Å². The molecule has 0 saturated heterocycles. The Kier molecular flexibility index (Phi) is 5.60. The fourth-order valence-electron chi connectivity index (χ4n) is 2.13. The number of halogens is 1. The molecular weight excluding hydrogens is 356 g/mol. The van der Waals surface area contributed by atoms with E-state index in [1.807, 2.05) is 30.3 Å². The van der Waals surface area contributed by atoms with Crippen LogP contribution in [0.5, 0.6) is 0 Å². The number of hydrazine groups is 1. The average molecular weight is 371 g/mol. The van der Waals surface area contributed by atoms with Gasteiger partial charge < -0.3 is 4.42 Å². The average Bonchev–Trinajstić information content (AvgIpc) is 3.15. The van der Waals surface area contributed by atoms with Crippen LogP contribution in [-0.4, -0.2) is 22.0 Å². The molecule has 7 nitrogen and oxygen atoms in total. The Morgan fingerprint density at radius 3 is 2.42 bits per heavy atom. The van der Waals surface area contributed by atoms with Crippen LogP contribution in [0.15, 0.2) is 59.0 Å². The van der Waals surface area contributed by atoms with Gasteiger partial charge in [-0.3, -0.25) is 20.4 Å². The number of amides is 2. The van der Waals surface area contributed by atoms with Crippen molar-refractivity contribution in [2.75, 3.05) is 0 Å². The molecule has 0 atom stereocenters. The number of rotatable bonds is 5. The Morgan fingerprint density at radius 2 is 1.69 bits per heavy atom. The van der Waals surface area contributed by atoms with Crippen molar-refractivity contribution in [3.63, 3.8) is 0 Å². The van der Waals surface area contributed by atoms with E-state index in [0.717, 1.165) is 5.56 Å². The van der Waals surface area contributed by atoms with Gasteiger partial charge in [0.1, 0.15) is 0 Å². The fraction of sp³-hybridized carbons (Fsp3) is 0.111. The Hall–Kier alpha value is -3.19. The largest absolute Gasteiger partial charge is 0.421 e. The maximum atomic E-state index is 11.9. The summed E-state index contributed by atoms with van der Waals surface area (Å²) in [5.41, 5.74) is 5.88. The summed E-state index contributed by atoms with van der Waals surface area (Å²) in [5.74, 6) is -0.0500. The summed E-state index contributed by atoms with van der Waals surface area (Å²) in [7, 11) is 0. The molecule has 26 heavy (non-hydrogen) atoms. The topological polar surface area (TPSA) is 97.1 Å². The minimum absolute atomic E-state index is 0.0946. The highest BCUT2D eigenvalue weighted by Gasteiger charge is 2.11. The number of aromatic nitrogens is 2. The second kappa shape index (κ2) is 8.26. The van der Waals surface area contributed by atoms with Crippen molar-refractivity contribution in [1.82, 2.24) is 21.0 Å². The van der Waals surface area contributed by atoms with Gasteiger partial charge in [-0.25, -0.2) is 0 Å². The van der Waals surface area contributed by atoms with E-state index in [-0.39, 0.29) is 18.7 Å². The summed E-state index contributed by atoms with van der Waals surface area (Å²) < 4.78 is 5.52. The molecule has 0 unspecified atom stereocenters. The van der Waals surface area contributed by atoms with Crippen LogP contribution in [0.1, 0.15) is 22.7 Å². The molecule has 3 aromatic rings. The minimum atomic E-state index is -0.431. The zero-order valence-corrected chi connectivity index (χ0v) is 14.4. The normalized spacial score (nSPS) is 10.3. The summed E-state index contributed by atoms with van der Waals surface area (Å²) in [6, 6.07) is 15.7. The Labute approximate surface area is 154 Å². The summed E-state index contributed by atoms with van der Waals surface area (Å²) in [5, 5.41) is 8.40. The van der Waals surface area contributed by atoms with Gasteiger partial charge in [-0.1, -0.05) is 29.8 Å². The van der Waals surface area contributed by atoms with Crippen LogP contribution >= 0.6 is 11.6 Å². The van der Waals surface area contributed by atoms with Gasteiger partial charge in [-0.2, -0.15) is 0 Å².